The number of carbonyl (C=O) groups excluding carboxylic acids is 3. The Morgan fingerprint density at radius 2 is 1.81 bits per heavy atom. The second kappa shape index (κ2) is 12.8. The van der Waals surface area contributed by atoms with Crippen molar-refractivity contribution >= 4 is 36.2 Å². The number of Topliss-reactive ketones (excluding diaryl/α,β-unsaturated/α-hetero) is 1. The summed E-state index contributed by atoms with van der Waals surface area (Å²) in [4.78, 5) is 61.9. The molecule has 3 rings (SSSR count). The van der Waals surface area contributed by atoms with Crippen molar-refractivity contribution in [3.05, 3.63) is 36.0 Å². The molecule has 1 saturated carbocycles. The van der Waals surface area contributed by atoms with E-state index in [1.165, 1.54) is 6.42 Å². The smallest absolute Gasteiger partial charge is 0.275 e. The van der Waals surface area contributed by atoms with Crippen molar-refractivity contribution in [2.24, 2.45) is 17.6 Å². The number of rotatable bonds is 12. The molecule has 0 unspecified atom stereocenters. The Balaban J connectivity index is 1.49. The molecule has 1 aromatic carbocycles. The first-order chi connectivity index (χ1) is 17.1. The number of hydrogen-bond donors (Lipinski definition) is 6. The molecule has 0 aliphatic heterocycles. The van der Waals surface area contributed by atoms with Gasteiger partial charge >= 0.3 is 0 Å². The van der Waals surface area contributed by atoms with E-state index < -0.39 is 37.4 Å². The van der Waals surface area contributed by atoms with Gasteiger partial charge < -0.3 is 21.4 Å². The zero-order valence-electron chi connectivity index (χ0n) is 21.2. The van der Waals surface area contributed by atoms with Crippen molar-refractivity contribution in [1.29, 1.82) is 0 Å². The van der Waals surface area contributed by atoms with E-state index in [0.29, 0.717) is 6.42 Å². The van der Waals surface area contributed by atoms with Gasteiger partial charge in [-0.05, 0) is 42.7 Å². The Morgan fingerprint density at radius 1 is 1.11 bits per heavy atom. The third-order valence-electron chi connectivity index (χ3n) is 6.86. The number of benzene rings is 1. The fraction of sp³-hybridized carbons (Fsp3) is 0.577. The fourth-order valence-electron chi connectivity index (χ4n) is 4.91. The number of fused-ring (bicyclic) bond motifs is 1. The van der Waals surface area contributed by atoms with Gasteiger partial charge in [-0.3, -0.25) is 14.4 Å². The maximum atomic E-state index is 12.8. The summed E-state index contributed by atoms with van der Waals surface area (Å²) in [7, 11) is -3.34. The largest absolute Gasteiger partial charge is 0.361 e. The molecule has 0 bridgehead atoms. The van der Waals surface area contributed by atoms with Crippen LogP contribution in [0, 0.1) is 11.8 Å². The molecule has 0 saturated heterocycles. The molecule has 36 heavy (non-hydrogen) atoms. The van der Waals surface area contributed by atoms with Gasteiger partial charge in [0.15, 0.2) is 11.9 Å². The van der Waals surface area contributed by atoms with E-state index in [9.17, 15) is 24.2 Å². The standard InChI is InChI=1S/C26H39N4O5P/c1-17(2)24(30-25(32)22(27)12-19-13-28-23-11-7-6-10-21(19)23)26(33)29-14-20(31)16-36(34,35)15-18-8-4-3-5-9-18/h6-7,10-11,13,17-18,22,24,28,34-35H,3-5,8-9,12,14-16,27H2,1-2H3,(H-,29,30,32,33)/p+1/t22-,24-/m0/s1. The predicted molar refractivity (Wildman–Crippen MR) is 142 cm³/mol. The van der Waals surface area contributed by atoms with Gasteiger partial charge in [-0.2, -0.15) is 0 Å². The Bertz CT molecular complexity index is 1050. The minimum Gasteiger partial charge on any atom is -0.361 e. The van der Waals surface area contributed by atoms with Gasteiger partial charge in [0.25, 0.3) is 7.72 Å². The van der Waals surface area contributed by atoms with E-state index in [-0.39, 0.29) is 30.7 Å². The lowest BCUT2D eigenvalue weighted by molar-refractivity contribution is -0.131. The van der Waals surface area contributed by atoms with Crippen molar-refractivity contribution < 1.29 is 24.2 Å². The normalized spacial score (nSPS) is 16.6. The minimum atomic E-state index is -3.34. The average molecular weight is 520 g/mol. The van der Waals surface area contributed by atoms with E-state index in [1.54, 1.807) is 13.8 Å². The first kappa shape index (κ1) is 28.3. The summed E-state index contributed by atoms with van der Waals surface area (Å²) in [5, 5.41) is 6.26. The Hall–Kier alpha value is -2.32. The summed E-state index contributed by atoms with van der Waals surface area (Å²) in [6.45, 7) is 3.27. The van der Waals surface area contributed by atoms with Crippen LogP contribution in [-0.4, -0.2) is 63.3 Å². The van der Waals surface area contributed by atoms with Crippen LogP contribution in [0.3, 0.4) is 0 Å². The molecule has 0 spiro atoms. The van der Waals surface area contributed by atoms with Gasteiger partial charge in [0.1, 0.15) is 12.2 Å². The van der Waals surface area contributed by atoms with Gasteiger partial charge in [-0.25, -0.2) is 9.79 Å². The molecular formula is C26H40N4O5P+. The van der Waals surface area contributed by atoms with Crippen LogP contribution in [0.5, 0.6) is 0 Å². The number of amides is 2. The highest BCUT2D eigenvalue weighted by Gasteiger charge is 2.39. The highest BCUT2D eigenvalue weighted by Crippen LogP contribution is 2.53. The van der Waals surface area contributed by atoms with Crippen LogP contribution in [0.4, 0.5) is 0 Å². The zero-order valence-corrected chi connectivity index (χ0v) is 22.1. The summed E-state index contributed by atoms with van der Waals surface area (Å²) in [5.74, 6) is -1.37. The quantitative estimate of drug-likeness (QED) is 0.236. The summed E-state index contributed by atoms with van der Waals surface area (Å²) in [6, 6.07) is 6.02. The molecule has 2 amide bonds. The van der Waals surface area contributed by atoms with Gasteiger partial charge in [0.2, 0.25) is 11.8 Å². The van der Waals surface area contributed by atoms with Crippen molar-refractivity contribution in [2.45, 2.75) is 64.5 Å². The number of hydrogen-bond acceptors (Lipinski definition) is 6. The van der Waals surface area contributed by atoms with Crippen LogP contribution in [0.25, 0.3) is 10.9 Å². The van der Waals surface area contributed by atoms with Crippen molar-refractivity contribution in [1.82, 2.24) is 15.6 Å². The SMILES string of the molecule is CC(C)[C@H](NC(=O)[C@@H](N)Cc1c[nH]c2ccccc12)C(=O)NCC(=O)C[P+](O)(O)CC1CCCCC1. The molecule has 2 atom stereocenters. The summed E-state index contributed by atoms with van der Waals surface area (Å²) >= 11 is 0. The van der Waals surface area contributed by atoms with Crippen LogP contribution < -0.4 is 16.4 Å². The number of H-pyrrole nitrogens is 1. The molecule has 1 aromatic heterocycles. The molecule has 0 radical (unpaired) electrons. The third kappa shape index (κ3) is 8.10. The van der Waals surface area contributed by atoms with Crippen LogP contribution in [0.15, 0.2) is 30.5 Å². The van der Waals surface area contributed by atoms with Gasteiger partial charge in [-0.1, -0.05) is 51.3 Å². The molecule has 2 aromatic rings. The molecule has 10 heteroatoms. The number of ketones is 1. The number of aromatic amines is 1. The van der Waals surface area contributed by atoms with Gasteiger partial charge in [0, 0.05) is 17.1 Å². The maximum absolute atomic E-state index is 12.8. The second-order valence-electron chi connectivity index (χ2n) is 10.4. The summed E-state index contributed by atoms with van der Waals surface area (Å²) in [6.07, 6.45) is 7.34. The number of nitrogens with one attached hydrogen (secondary N) is 3. The molecule has 7 N–H and O–H groups in total. The van der Waals surface area contributed by atoms with Crippen molar-refractivity contribution in [3.8, 4) is 0 Å². The molecule has 1 aliphatic carbocycles. The molecule has 1 fully saturated rings. The van der Waals surface area contributed by atoms with Crippen LogP contribution in [-0.2, 0) is 20.8 Å². The molecule has 1 heterocycles. The first-order valence-electron chi connectivity index (χ1n) is 12.8. The lowest BCUT2D eigenvalue weighted by Gasteiger charge is -2.24. The number of aromatic nitrogens is 1. The molecule has 9 nitrogen and oxygen atoms in total. The summed E-state index contributed by atoms with van der Waals surface area (Å²) in [5.41, 5.74) is 8.03. The molecule has 198 valence electrons. The maximum Gasteiger partial charge on any atom is 0.275 e. The molecule has 1 aliphatic rings. The topological polar surface area (TPSA) is 158 Å². The lowest BCUT2D eigenvalue weighted by Crippen LogP contribution is -2.54. The van der Waals surface area contributed by atoms with E-state index in [2.05, 4.69) is 15.6 Å². The lowest BCUT2D eigenvalue weighted by atomic mass is 9.91. The minimum absolute atomic E-state index is 0.238. The second-order valence-corrected chi connectivity index (χ2v) is 12.8. The third-order valence-corrected chi connectivity index (χ3v) is 8.82. The van der Waals surface area contributed by atoms with Crippen molar-refractivity contribution in [2.75, 3.05) is 18.9 Å². The average Bonchev–Trinajstić information content (AvgIpc) is 3.23. The number of carbonyl (C=O) groups is 3. The fourth-order valence-corrected chi connectivity index (χ4v) is 6.91. The summed E-state index contributed by atoms with van der Waals surface area (Å²) < 4.78 is 0. The predicted octanol–water partition coefficient (Wildman–Crippen LogP) is 2.28. The highest BCUT2D eigenvalue weighted by atomic mass is 31.2. The first-order valence-corrected chi connectivity index (χ1v) is 14.8. The van der Waals surface area contributed by atoms with Crippen LogP contribution >= 0.6 is 7.72 Å². The Kier molecular flexibility index (Phi) is 10.0. The number of para-hydroxylation sites is 1. The molecular weight excluding hydrogens is 479 g/mol. The van der Waals surface area contributed by atoms with Crippen LogP contribution in [0.2, 0.25) is 0 Å². The van der Waals surface area contributed by atoms with E-state index in [0.717, 1.165) is 42.1 Å². The van der Waals surface area contributed by atoms with Crippen molar-refractivity contribution in [3.63, 3.8) is 0 Å². The Morgan fingerprint density at radius 3 is 2.50 bits per heavy atom. The van der Waals surface area contributed by atoms with E-state index in [1.807, 2.05) is 30.5 Å². The number of nitrogens with two attached hydrogens (primary N) is 1. The van der Waals surface area contributed by atoms with E-state index >= 15 is 0 Å². The van der Waals surface area contributed by atoms with Crippen LogP contribution in [0.1, 0.15) is 51.5 Å². The monoisotopic (exact) mass is 519 g/mol. The highest BCUT2D eigenvalue weighted by molar-refractivity contribution is 7.65. The Labute approximate surface area is 213 Å². The van der Waals surface area contributed by atoms with E-state index in [4.69, 9.17) is 5.73 Å². The van der Waals surface area contributed by atoms with Gasteiger partial charge in [0.05, 0.1) is 12.6 Å². The zero-order chi connectivity index (χ0) is 26.3. The van der Waals surface area contributed by atoms with Gasteiger partial charge in [-0.15, -0.1) is 0 Å².